The van der Waals surface area contributed by atoms with Crippen molar-refractivity contribution >= 4 is 17.2 Å². The second kappa shape index (κ2) is 7.44. The van der Waals surface area contributed by atoms with Gasteiger partial charge in [-0.2, -0.15) is 0 Å². The van der Waals surface area contributed by atoms with Gasteiger partial charge in [-0.25, -0.2) is 0 Å². The molecule has 4 rings (SSSR count). The molecule has 1 aliphatic carbocycles. The molecule has 6 nitrogen and oxygen atoms in total. The average molecular weight is 384 g/mol. The van der Waals surface area contributed by atoms with Gasteiger partial charge in [0.05, 0.1) is 25.6 Å². The summed E-state index contributed by atoms with van der Waals surface area (Å²) < 4.78 is 16.2. The number of hydrogen-bond acceptors (Lipinski definition) is 6. The van der Waals surface area contributed by atoms with Crippen LogP contribution in [0.4, 0.5) is 0 Å². The molecule has 0 N–H and O–H groups in total. The Balaban J connectivity index is 1.59. The van der Waals surface area contributed by atoms with E-state index in [2.05, 4.69) is 5.16 Å². The van der Waals surface area contributed by atoms with Crippen LogP contribution in [0.1, 0.15) is 28.9 Å². The molecule has 0 radical (unpaired) electrons. The van der Waals surface area contributed by atoms with E-state index in [4.69, 9.17) is 14.0 Å². The number of ether oxygens (including phenoxy) is 2. The van der Waals surface area contributed by atoms with Gasteiger partial charge < -0.3 is 18.9 Å². The van der Waals surface area contributed by atoms with E-state index in [0.717, 1.165) is 34.8 Å². The van der Waals surface area contributed by atoms with Crippen molar-refractivity contribution in [3.8, 4) is 22.1 Å². The van der Waals surface area contributed by atoms with Gasteiger partial charge in [-0.3, -0.25) is 4.79 Å². The van der Waals surface area contributed by atoms with Crippen molar-refractivity contribution in [1.29, 1.82) is 0 Å². The van der Waals surface area contributed by atoms with E-state index in [0.29, 0.717) is 18.0 Å². The van der Waals surface area contributed by atoms with E-state index >= 15 is 0 Å². The second-order valence-electron chi connectivity index (χ2n) is 6.40. The summed E-state index contributed by atoms with van der Waals surface area (Å²) in [6.07, 6.45) is 1.99. The zero-order valence-electron chi connectivity index (χ0n) is 15.2. The Morgan fingerprint density at radius 3 is 2.78 bits per heavy atom. The smallest absolute Gasteiger partial charge is 0.276 e. The van der Waals surface area contributed by atoms with Crippen LogP contribution in [0, 0.1) is 0 Å². The van der Waals surface area contributed by atoms with Crippen LogP contribution in [0.15, 0.2) is 46.3 Å². The predicted molar refractivity (Wildman–Crippen MR) is 102 cm³/mol. The minimum absolute atomic E-state index is 0.131. The fourth-order valence-electron chi connectivity index (χ4n) is 3.00. The average Bonchev–Trinajstić information content (AvgIpc) is 3.18. The van der Waals surface area contributed by atoms with Gasteiger partial charge in [-0.05, 0) is 42.5 Å². The molecule has 1 saturated carbocycles. The third-order valence-corrected chi connectivity index (χ3v) is 5.45. The minimum Gasteiger partial charge on any atom is -0.497 e. The van der Waals surface area contributed by atoms with Crippen molar-refractivity contribution in [2.24, 2.45) is 0 Å². The van der Waals surface area contributed by atoms with Crippen molar-refractivity contribution in [3.63, 3.8) is 0 Å². The fraction of sp³-hybridized carbons (Fsp3) is 0.300. The van der Waals surface area contributed by atoms with Crippen LogP contribution in [0.2, 0.25) is 0 Å². The molecule has 27 heavy (non-hydrogen) atoms. The second-order valence-corrected chi connectivity index (χ2v) is 7.34. The van der Waals surface area contributed by atoms with Gasteiger partial charge in [0.25, 0.3) is 5.91 Å². The lowest BCUT2D eigenvalue weighted by atomic mass is 10.1. The van der Waals surface area contributed by atoms with Crippen molar-refractivity contribution in [1.82, 2.24) is 10.1 Å². The Hall–Kier alpha value is -2.80. The minimum atomic E-state index is -0.131. The summed E-state index contributed by atoms with van der Waals surface area (Å²) in [6.45, 7) is 0.436. The van der Waals surface area contributed by atoms with Gasteiger partial charge in [0, 0.05) is 17.7 Å². The Kier molecular flexibility index (Phi) is 4.85. The topological polar surface area (TPSA) is 64.8 Å². The lowest BCUT2D eigenvalue weighted by Crippen LogP contribution is -2.33. The number of aromatic nitrogens is 1. The molecule has 1 aliphatic rings. The van der Waals surface area contributed by atoms with Gasteiger partial charge in [-0.1, -0.05) is 11.2 Å². The zero-order chi connectivity index (χ0) is 18.8. The maximum Gasteiger partial charge on any atom is 0.276 e. The van der Waals surface area contributed by atoms with Crippen LogP contribution in [0.3, 0.4) is 0 Å². The molecule has 2 aromatic heterocycles. The number of nitrogens with zero attached hydrogens (tertiary/aromatic N) is 2. The summed E-state index contributed by atoms with van der Waals surface area (Å²) in [7, 11) is 3.25. The maximum absolute atomic E-state index is 13.1. The highest BCUT2D eigenvalue weighted by molar-refractivity contribution is 7.13. The number of carbonyl (C=O) groups excluding carboxylic acids is 1. The number of benzene rings is 1. The first kappa shape index (κ1) is 17.6. The molecule has 7 heteroatoms. The number of amides is 1. The third kappa shape index (κ3) is 3.68. The third-order valence-electron chi connectivity index (χ3n) is 4.57. The molecule has 0 saturated heterocycles. The van der Waals surface area contributed by atoms with Crippen molar-refractivity contribution < 1.29 is 18.8 Å². The normalized spacial score (nSPS) is 13.4. The molecule has 3 aromatic rings. The molecule has 0 aliphatic heterocycles. The van der Waals surface area contributed by atoms with Crippen LogP contribution < -0.4 is 9.47 Å². The summed E-state index contributed by atoms with van der Waals surface area (Å²) >= 11 is 1.55. The number of carbonyl (C=O) groups is 1. The number of hydrogen-bond donors (Lipinski definition) is 0. The highest BCUT2D eigenvalue weighted by atomic mass is 32.1. The van der Waals surface area contributed by atoms with E-state index in [1.807, 2.05) is 40.6 Å². The molecular weight excluding hydrogens is 364 g/mol. The summed E-state index contributed by atoms with van der Waals surface area (Å²) in [5.41, 5.74) is 1.23. The molecular formula is C20H20N2O4S. The Morgan fingerprint density at radius 2 is 2.11 bits per heavy atom. The number of thiophene rings is 1. The van der Waals surface area contributed by atoms with Gasteiger partial charge in [0.2, 0.25) is 0 Å². The predicted octanol–water partition coefficient (Wildman–Crippen LogP) is 4.23. The van der Waals surface area contributed by atoms with E-state index in [9.17, 15) is 4.79 Å². The quantitative estimate of drug-likeness (QED) is 0.610. The SMILES string of the molecule is COc1ccc(OC)c(CN(C(=O)c2cc(-c3cccs3)on2)C2CC2)c1. The molecule has 0 atom stereocenters. The van der Waals surface area contributed by atoms with E-state index < -0.39 is 0 Å². The first-order chi connectivity index (χ1) is 13.2. The standard InChI is InChI=1S/C20H20N2O4S/c1-24-15-7-8-17(25-2)13(10-15)12-22(14-5-6-14)20(23)16-11-18(26-21-16)19-4-3-9-27-19/h3-4,7-11,14H,5-6,12H2,1-2H3. The molecule has 1 aromatic carbocycles. The van der Waals surface area contributed by atoms with Crippen LogP contribution in [-0.2, 0) is 6.54 Å². The van der Waals surface area contributed by atoms with Crippen LogP contribution in [0.5, 0.6) is 11.5 Å². The Labute approximate surface area is 161 Å². The largest absolute Gasteiger partial charge is 0.497 e. The van der Waals surface area contributed by atoms with Crippen LogP contribution in [-0.4, -0.2) is 36.2 Å². The van der Waals surface area contributed by atoms with Gasteiger partial charge in [-0.15, -0.1) is 11.3 Å². The molecule has 0 unspecified atom stereocenters. The lowest BCUT2D eigenvalue weighted by Gasteiger charge is -2.22. The van der Waals surface area contributed by atoms with Gasteiger partial charge in [0.1, 0.15) is 11.5 Å². The van der Waals surface area contributed by atoms with Crippen LogP contribution >= 0.6 is 11.3 Å². The van der Waals surface area contributed by atoms with Crippen molar-refractivity contribution in [2.45, 2.75) is 25.4 Å². The molecule has 0 spiro atoms. The summed E-state index contributed by atoms with van der Waals surface area (Å²) in [4.78, 5) is 15.9. The highest BCUT2D eigenvalue weighted by Crippen LogP contribution is 2.33. The Morgan fingerprint density at radius 1 is 1.26 bits per heavy atom. The highest BCUT2D eigenvalue weighted by Gasteiger charge is 2.35. The molecule has 1 amide bonds. The van der Waals surface area contributed by atoms with E-state index in [1.54, 1.807) is 31.6 Å². The summed E-state index contributed by atoms with van der Waals surface area (Å²) in [5, 5.41) is 5.97. The monoisotopic (exact) mass is 384 g/mol. The van der Waals surface area contributed by atoms with Crippen LogP contribution in [0.25, 0.3) is 10.6 Å². The molecule has 0 bridgehead atoms. The van der Waals surface area contributed by atoms with Crippen molar-refractivity contribution in [2.75, 3.05) is 14.2 Å². The van der Waals surface area contributed by atoms with E-state index in [-0.39, 0.29) is 11.9 Å². The Bertz CT molecular complexity index is 931. The summed E-state index contributed by atoms with van der Waals surface area (Å²) in [5.74, 6) is 1.95. The zero-order valence-corrected chi connectivity index (χ0v) is 16.0. The van der Waals surface area contributed by atoms with Crippen molar-refractivity contribution in [3.05, 3.63) is 53.0 Å². The summed E-state index contributed by atoms with van der Waals surface area (Å²) in [6, 6.07) is 11.4. The number of rotatable bonds is 7. The molecule has 2 heterocycles. The maximum atomic E-state index is 13.1. The first-order valence-corrected chi connectivity index (χ1v) is 9.60. The molecule has 1 fully saturated rings. The molecule has 140 valence electrons. The lowest BCUT2D eigenvalue weighted by molar-refractivity contribution is 0.0718. The number of methoxy groups -OCH3 is 2. The van der Waals surface area contributed by atoms with Gasteiger partial charge in [0.15, 0.2) is 11.5 Å². The van der Waals surface area contributed by atoms with Gasteiger partial charge >= 0.3 is 0 Å². The first-order valence-electron chi connectivity index (χ1n) is 8.72. The van der Waals surface area contributed by atoms with E-state index in [1.165, 1.54) is 0 Å². The fourth-order valence-corrected chi connectivity index (χ4v) is 3.67.